The second-order valence-corrected chi connectivity index (χ2v) is 5.48. The molecule has 2 aliphatic rings. The van der Waals surface area contributed by atoms with Crippen LogP contribution in [0.5, 0.6) is 0 Å². The van der Waals surface area contributed by atoms with Crippen molar-refractivity contribution in [3.8, 4) is 0 Å². The minimum Gasteiger partial charge on any atom is -0.383 e. The molecule has 1 aliphatic carbocycles. The number of H-pyrrole nitrogens is 1. The molecule has 4 N–H and O–H groups in total. The van der Waals surface area contributed by atoms with Crippen molar-refractivity contribution in [2.45, 2.75) is 44.9 Å². The molecule has 0 aromatic carbocycles. The van der Waals surface area contributed by atoms with E-state index in [1.807, 2.05) is 6.92 Å². The lowest BCUT2D eigenvalue weighted by Crippen LogP contribution is -2.38. The van der Waals surface area contributed by atoms with E-state index >= 15 is 0 Å². The first-order chi connectivity index (χ1) is 9.61. The Hall–Kier alpha value is -1.76. The first-order valence-electron chi connectivity index (χ1n) is 7.12. The predicted molar refractivity (Wildman–Crippen MR) is 75.9 cm³/mol. The summed E-state index contributed by atoms with van der Waals surface area (Å²) in [5, 5.41) is 3.20. The standard InChI is InChI=1S/C13H20N4O3/c1-2-17-11(14)9(12(18)16-13(17)19)15-8-5-6-20-10(8)7-3-4-7/h7-8,10,15H,2-6,14H2,1H3,(H,16,18,19). The number of ether oxygens (including phenoxy) is 1. The van der Waals surface area contributed by atoms with E-state index in [1.54, 1.807) is 0 Å². The lowest BCUT2D eigenvalue weighted by Gasteiger charge is -2.21. The van der Waals surface area contributed by atoms with Crippen molar-refractivity contribution in [1.82, 2.24) is 9.55 Å². The summed E-state index contributed by atoms with van der Waals surface area (Å²) in [6.07, 6.45) is 3.37. The van der Waals surface area contributed by atoms with E-state index in [4.69, 9.17) is 10.5 Å². The number of nitrogens with one attached hydrogen (secondary N) is 2. The zero-order valence-electron chi connectivity index (χ0n) is 11.5. The van der Waals surface area contributed by atoms with Crippen LogP contribution in [0.25, 0.3) is 0 Å². The van der Waals surface area contributed by atoms with Gasteiger partial charge in [-0.2, -0.15) is 0 Å². The summed E-state index contributed by atoms with van der Waals surface area (Å²) in [5.74, 6) is 0.787. The molecule has 2 atom stereocenters. The highest BCUT2D eigenvalue weighted by molar-refractivity contribution is 5.61. The van der Waals surface area contributed by atoms with Crippen LogP contribution in [-0.4, -0.2) is 28.3 Å². The van der Waals surface area contributed by atoms with Crippen LogP contribution >= 0.6 is 0 Å². The summed E-state index contributed by atoms with van der Waals surface area (Å²) in [7, 11) is 0. The lowest BCUT2D eigenvalue weighted by atomic mass is 10.1. The Morgan fingerprint density at radius 2 is 2.15 bits per heavy atom. The zero-order valence-corrected chi connectivity index (χ0v) is 11.5. The monoisotopic (exact) mass is 280 g/mol. The van der Waals surface area contributed by atoms with E-state index < -0.39 is 11.2 Å². The minimum atomic E-state index is -0.470. The maximum Gasteiger partial charge on any atom is 0.330 e. The summed E-state index contributed by atoms with van der Waals surface area (Å²) in [5.41, 5.74) is 5.31. The molecule has 2 heterocycles. The second-order valence-electron chi connectivity index (χ2n) is 5.48. The highest BCUT2D eigenvalue weighted by Gasteiger charge is 2.41. The van der Waals surface area contributed by atoms with Gasteiger partial charge < -0.3 is 15.8 Å². The third-order valence-electron chi connectivity index (χ3n) is 4.11. The Morgan fingerprint density at radius 3 is 2.80 bits per heavy atom. The van der Waals surface area contributed by atoms with E-state index in [9.17, 15) is 9.59 Å². The summed E-state index contributed by atoms with van der Waals surface area (Å²) in [4.78, 5) is 25.9. The Morgan fingerprint density at radius 1 is 1.40 bits per heavy atom. The molecule has 3 rings (SSSR count). The van der Waals surface area contributed by atoms with Gasteiger partial charge in [0.1, 0.15) is 11.5 Å². The van der Waals surface area contributed by atoms with Crippen LogP contribution in [0, 0.1) is 5.92 Å². The van der Waals surface area contributed by atoms with Gasteiger partial charge >= 0.3 is 5.69 Å². The number of rotatable bonds is 4. The topological polar surface area (TPSA) is 102 Å². The number of nitrogens with two attached hydrogens (primary N) is 1. The van der Waals surface area contributed by atoms with Gasteiger partial charge in [0.25, 0.3) is 5.56 Å². The normalized spacial score (nSPS) is 25.9. The van der Waals surface area contributed by atoms with Crippen LogP contribution in [0.3, 0.4) is 0 Å². The third kappa shape index (κ3) is 2.22. The predicted octanol–water partition coefficient (Wildman–Crippen LogP) is 0.118. The molecule has 0 amide bonds. The highest BCUT2D eigenvalue weighted by Crippen LogP contribution is 2.39. The first-order valence-corrected chi connectivity index (χ1v) is 7.12. The zero-order chi connectivity index (χ0) is 14.3. The summed E-state index contributed by atoms with van der Waals surface area (Å²) >= 11 is 0. The summed E-state index contributed by atoms with van der Waals surface area (Å²) in [6, 6.07) is 0.0914. The van der Waals surface area contributed by atoms with Crippen LogP contribution in [-0.2, 0) is 11.3 Å². The Balaban J connectivity index is 1.90. The van der Waals surface area contributed by atoms with Gasteiger partial charge in [0.05, 0.1) is 12.1 Å². The quantitative estimate of drug-likeness (QED) is 0.727. The van der Waals surface area contributed by atoms with Crippen molar-refractivity contribution in [3.05, 3.63) is 20.8 Å². The van der Waals surface area contributed by atoms with Crippen LogP contribution in [0.1, 0.15) is 26.2 Å². The molecule has 2 fully saturated rings. The average molecular weight is 280 g/mol. The van der Waals surface area contributed by atoms with Crippen molar-refractivity contribution in [2.75, 3.05) is 17.7 Å². The Bertz CT molecular complexity index is 617. The van der Waals surface area contributed by atoms with Crippen molar-refractivity contribution in [2.24, 2.45) is 5.92 Å². The van der Waals surface area contributed by atoms with E-state index in [-0.39, 0.29) is 23.7 Å². The molecule has 0 spiro atoms. The van der Waals surface area contributed by atoms with E-state index in [1.165, 1.54) is 17.4 Å². The number of hydrogen-bond acceptors (Lipinski definition) is 5. The van der Waals surface area contributed by atoms with Crippen molar-refractivity contribution in [3.63, 3.8) is 0 Å². The third-order valence-corrected chi connectivity index (χ3v) is 4.11. The van der Waals surface area contributed by atoms with E-state index in [2.05, 4.69) is 10.3 Å². The van der Waals surface area contributed by atoms with Gasteiger partial charge in [-0.05, 0) is 32.1 Å². The average Bonchev–Trinajstić information content (AvgIpc) is 3.14. The molecule has 20 heavy (non-hydrogen) atoms. The number of aromatic amines is 1. The molecule has 2 unspecified atom stereocenters. The second kappa shape index (κ2) is 4.97. The summed E-state index contributed by atoms with van der Waals surface area (Å²) < 4.78 is 7.09. The summed E-state index contributed by atoms with van der Waals surface area (Å²) in [6.45, 7) is 2.93. The number of anilines is 2. The number of aromatic nitrogens is 2. The maximum absolute atomic E-state index is 12.0. The van der Waals surface area contributed by atoms with Gasteiger partial charge in [0.2, 0.25) is 0 Å². The van der Waals surface area contributed by atoms with Gasteiger partial charge in [-0.15, -0.1) is 0 Å². The van der Waals surface area contributed by atoms with Crippen LogP contribution in [0.4, 0.5) is 11.5 Å². The number of nitrogen functional groups attached to an aromatic ring is 1. The van der Waals surface area contributed by atoms with Crippen LogP contribution in [0.15, 0.2) is 9.59 Å². The van der Waals surface area contributed by atoms with Gasteiger partial charge in [-0.3, -0.25) is 14.3 Å². The van der Waals surface area contributed by atoms with Crippen LogP contribution < -0.4 is 22.3 Å². The van der Waals surface area contributed by atoms with E-state index in [0.29, 0.717) is 19.1 Å². The van der Waals surface area contributed by atoms with Gasteiger partial charge in [0, 0.05) is 13.2 Å². The van der Waals surface area contributed by atoms with Gasteiger partial charge in [-0.25, -0.2) is 4.79 Å². The smallest absolute Gasteiger partial charge is 0.330 e. The van der Waals surface area contributed by atoms with Crippen LogP contribution in [0.2, 0.25) is 0 Å². The molecule has 1 aliphatic heterocycles. The van der Waals surface area contributed by atoms with E-state index in [0.717, 1.165) is 6.42 Å². The molecular formula is C13H20N4O3. The fourth-order valence-corrected chi connectivity index (χ4v) is 2.88. The molecule has 0 radical (unpaired) electrons. The SMILES string of the molecule is CCn1c(N)c(NC2CCOC2C2CC2)c(=O)[nH]c1=O. The largest absolute Gasteiger partial charge is 0.383 e. The molecule has 7 heteroatoms. The fraction of sp³-hybridized carbons (Fsp3) is 0.692. The molecule has 1 aromatic heterocycles. The molecule has 0 bridgehead atoms. The molecule has 1 aromatic rings. The minimum absolute atomic E-state index is 0.0914. The van der Waals surface area contributed by atoms with Crippen molar-refractivity contribution in [1.29, 1.82) is 0 Å². The Kier molecular flexibility index (Phi) is 3.29. The van der Waals surface area contributed by atoms with Crippen molar-refractivity contribution < 1.29 is 4.74 Å². The first kappa shape index (κ1) is 13.2. The lowest BCUT2D eigenvalue weighted by molar-refractivity contribution is 0.0898. The number of hydrogen-bond donors (Lipinski definition) is 3. The number of nitrogens with zero attached hydrogens (tertiary/aromatic N) is 1. The molecule has 1 saturated heterocycles. The molecule has 110 valence electrons. The molecule has 7 nitrogen and oxygen atoms in total. The highest BCUT2D eigenvalue weighted by atomic mass is 16.5. The Labute approximate surface area is 116 Å². The van der Waals surface area contributed by atoms with Gasteiger partial charge in [0.15, 0.2) is 0 Å². The fourth-order valence-electron chi connectivity index (χ4n) is 2.88. The van der Waals surface area contributed by atoms with Crippen molar-refractivity contribution >= 4 is 11.5 Å². The van der Waals surface area contributed by atoms with Gasteiger partial charge in [-0.1, -0.05) is 0 Å². The maximum atomic E-state index is 12.0. The molecular weight excluding hydrogens is 260 g/mol. The molecule has 1 saturated carbocycles.